The van der Waals surface area contributed by atoms with Gasteiger partial charge in [0.25, 0.3) is 11.6 Å². The van der Waals surface area contributed by atoms with Crippen molar-refractivity contribution in [2.75, 3.05) is 19.6 Å². The standard InChI is InChI=1S/C17H24N4O2/c1-11(2)21-6-4-5-13(10-21)8-18-16(22)14-7-15-12(3)20-23-17(15)19-9-14/h7,9,11,13H,4-6,8,10H2,1-3H3,(H,18,22)/t13-/m1/s1. The Morgan fingerprint density at radius 1 is 1.52 bits per heavy atom. The molecule has 0 saturated carbocycles. The highest BCUT2D eigenvalue weighted by Gasteiger charge is 2.22. The number of likely N-dealkylation sites (tertiary alicyclic amines) is 1. The van der Waals surface area contributed by atoms with Crippen molar-refractivity contribution in [3.8, 4) is 0 Å². The quantitative estimate of drug-likeness (QED) is 0.937. The van der Waals surface area contributed by atoms with E-state index in [-0.39, 0.29) is 5.91 Å². The maximum Gasteiger partial charge on any atom is 0.257 e. The molecule has 6 nitrogen and oxygen atoms in total. The van der Waals surface area contributed by atoms with Crippen LogP contribution < -0.4 is 5.32 Å². The van der Waals surface area contributed by atoms with Gasteiger partial charge in [-0.15, -0.1) is 0 Å². The highest BCUT2D eigenvalue weighted by atomic mass is 16.5. The van der Waals surface area contributed by atoms with Crippen LogP contribution in [0.2, 0.25) is 0 Å². The van der Waals surface area contributed by atoms with E-state index >= 15 is 0 Å². The van der Waals surface area contributed by atoms with Gasteiger partial charge in [0.15, 0.2) is 0 Å². The van der Waals surface area contributed by atoms with E-state index in [0.29, 0.717) is 29.8 Å². The SMILES string of the molecule is Cc1noc2ncc(C(=O)NC[C@H]3CCCN(C(C)C)C3)cc12. The van der Waals surface area contributed by atoms with Crippen LogP contribution in [0.25, 0.3) is 11.1 Å². The average Bonchev–Trinajstić information content (AvgIpc) is 2.93. The number of aromatic nitrogens is 2. The lowest BCUT2D eigenvalue weighted by Gasteiger charge is -2.35. The minimum atomic E-state index is -0.0818. The molecule has 1 aliphatic heterocycles. The normalized spacial score (nSPS) is 19.4. The Bertz CT molecular complexity index is 695. The third-order valence-electron chi connectivity index (χ3n) is 4.60. The molecule has 124 valence electrons. The van der Waals surface area contributed by atoms with E-state index in [2.05, 4.69) is 34.2 Å². The van der Waals surface area contributed by atoms with Gasteiger partial charge in [0, 0.05) is 25.3 Å². The van der Waals surface area contributed by atoms with Crippen molar-refractivity contribution in [2.45, 2.75) is 39.7 Å². The van der Waals surface area contributed by atoms with Crippen LogP contribution in [-0.4, -0.2) is 46.6 Å². The van der Waals surface area contributed by atoms with E-state index in [4.69, 9.17) is 4.52 Å². The number of carbonyl (C=O) groups excluding carboxylic acids is 1. The van der Waals surface area contributed by atoms with E-state index in [0.717, 1.165) is 24.2 Å². The molecule has 1 aliphatic rings. The molecular weight excluding hydrogens is 292 g/mol. The predicted molar refractivity (Wildman–Crippen MR) is 88.3 cm³/mol. The monoisotopic (exact) mass is 316 g/mol. The molecule has 0 aromatic carbocycles. The summed E-state index contributed by atoms with van der Waals surface area (Å²) in [6.45, 7) is 9.22. The molecule has 1 N–H and O–H groups in total. The Labute approximate surface area is 136 Å². The molecule has 6 heteroatoms. The third-order valence-corrected chi connectivity index (χ3v) is 4.60. The highest BCUT2D eigenvalue weighted by molar-refractivity contribution is 5.96. The average molecular weight is 316 g/mol. The fourth-order valence-electron chi connectivity index (χ4n) is 3.14. The Balaban J connectivity index is 1.61. The van der Waals surface area contributed by atoms with E-state index in [1.54, 1.807) is 12.3 Å². The largest absolute Gasteiger partial charge is 0.352 e. The van der Waals surface area contributed by atoms with Crippen molar-refractivity contribution in [3.05, 3.63) is 23.5 Å². The molecule has 2 aromatic heterocycles. The fraction of sp³-hybridized carbons (Fsp3) is 0.588. The van der Waals surface area contributed by atoms with Crippen LogP contribution in [0.5, 0.6) is 0 Å². The summed E-state index contributed by atoms with van der Waals surface area (Å²) in [5.41, 5.74) is 1.78. The number of fused-ring (bicyclic) bond motifs is 1. The van der Waals surface area contributed by atoms with Gasteiger partial charge >= 0.3 is 0 Å². The zero-order chi connectivity index (χ0) is 16.4. The maximum absolute atomic E-state index is 12.4. The number of hydrogen-bond donors (Lipinski definition) is 1. The van der Waals surface area contributed by atoms with E-state index in [1.165, 1.54) is 12.8 Å². The number of hydrogen-bond acceptors (Lipinski definition) is 5. The van der Waals surface area contributed by atoms with Crippen LogP contribution in [0.1, 0.15) is 42.7 Å². The van der Waals surface area contributed by atoms with Crippen LogP contribution in [0.15, 0.2) is 16.8 Å². The van der Waals surface area contributed by atoms with E-state index < -0.39 is 0 Å². The molecule has 0 unspecified atom stereocenters. The molecule has 1 fully saturated rings. The Kier molecular flexibility index (Phi) is 4.61. The summed E-state index contributed by atoms with van der Waals surface area (Å²) < 4.78 is 5.07. The Morgan fingerprint density at radius 3 is 3.13 bits per heavy atom. The van der Waals surface area contributed by atoms with Gasteiger partial charge in [-0.25, -0.2) is 4.98 Å². The number of nitrogens with one attached hydrogen (secondary N) is 1. The van der Waals surface area contributed by atoms with Crippen LogP contribution in [0, 0.1) is 12.8 Å². The molecular formula is C17H24N4O2. The molecule has 0 bridgehead atoms. The van der Waals surface area contributed by atoms with Crippen LogP contribution in [-0.2, 0) is 0 Å². The van der Waals surface area contributed by atoms with Gasteiger partial charge in [-0.05, 0) is 52.1 Å². The van der Waals surface area contributed by atoms with Gasteiger partial charge in [0.1, 0.15) is 0 Å². The number of piperidine rings is 1. The number of rotatable bonds is 4. The Morgan fingerprint density at radius 2 is 2.35 bits per heavy atom. The lowest BCUT2D eigenvalue weighted by Crippen LogP contribution is -2.43. The summed E-state index contributed by atoms with van der Waals surface area (Å²) in [6, 6.07) is 2.36. The van der Waals surface area contributed by atoms with Gasteiger partial charge in [0.2, 0.25) is 0 Å². The highest BCUT2D eigenvalue weighted by Crippen LogP contribution is 2.19. The summed E-state index contributed by atoms with van der Waals surface area (Å²) in [5.74, 6) is 0.436. The first-order valence-electron chi connectivity index (χ1n) is 8.29. The summed E-state index contributed by atoms with van der Waals surface area (Å²) in [7, 11) is 0. The number of aryl methyl sites for hydroxylation is 1. The molecule has 3 heterocycles. The van der Waals surface area contributed by atoms with Crippen molar-refractivity contribution in [3.63, 3.8) is 0 Å². The first-order chi connectivity index (χ1) is 11.0. The van der Waals surface area contributed by atoms with Gasteiger partial charge in [0.05, 0.1) is 16.6 Å². The van der Waals surface area contributed by atoms with Crippen molar-refractivity contribution in [1.82, 2.24) is 20.4 Å². The predicted octanol–water partition coefficient (Wildman–Crippen LogP) is 2.38. The van der Waals surface area contributed by atoms with Gasteiger partial charge in [-0.1, -0.05) is 5.16 Å². The van der Waals surface area contributed by atoms with Gasteiger partial charge in [-0.3, -0.25) is 4.79 Å². The number of pyridine rings is 1. The van der Waals surface area contributed by atoms with Crippen molar-refractivity contribution in [1.29, 1.82) is 0 Å². The van der Waals surface area contributed by atoms with Crippen LogP contribution in [0.3, 0.4) is 0 Å². The first-order valence-corrected chi connectivity index (χ1v) is 8.29. The zero-order valence-electron chi connectivity index (χ0n) is 14.0. The molecule has 1 atom stereocenters. The second-order valence-corrected chi connectivity index (χ2v) is 6.65. The molecule has 3 rings (SSSR count). The Hall–Kier alpha value is -1.95. The molecule has 1 saturated heterocycles. The molecule has 1 amide bonds. The molecule has 2 aromatic rings. The van der Waals surface area contributed by atoms with Crippen molar-refractivity contribution < 1.29 is 9.32 Å². The zero-order valence-corrected chi connectivity index (χ0v) is 14.0. The first kappa shape index (κ1) is 15.9. The van der Waals surface area contributed by atoms with E-state index in [1.807, 2.05) is 6.92 Å². The minimum absolute atomic E-state index is 0.0818. The third kappa shape index (κ3) is 3.52. The summed E-state index contributed by atoms with van der Waals surface area (Å²) in [6.07, 6.45) is 3.92. The van der Waals surface area contributed by atoms with E-state index in [9.17, 15) is 4.79 Å². The van der Waals surface area contributed by atoms with Crippen molar-refractivity contribution >= 4 is 17.0 Å². The summed E-state index contributed by atoms with van der Waals surface area (Å²) >= 11 is 0. The summed E-state index contributed by atoms with van der Waals surface area (Å²) in [5, 5.41) is 7.71. The molecule has 0 spiro atoms. The molecule has 0 aliphatic carbocycles. The smallest absolute Gasteiger partial charge is 0.257 e. The lowest BCUT2D eigenvalue weighted by molar-refractivity contribution is 0.0922. The minimum Gasteiger partial charge on any atom is -0.352 e. The molecule has 23 heavy (non-hydrogen) atoms. The van der Waals surface area contributed by atoms with Crippen LogP contribution >= 0.6 is 0 Å². The van der Waals surface area contributed by atoms with Crippen molar-refractivity contribution in [2.24, 2.45) is 5.92 Å². The number of amides is 1. The fourth-order valence-corrected chi connectivity index (χ4v) is 3.14. The topological polar surface area (TPSA) is 71.3 Å². The second kappa shape index (κ2) is 6.66. The summed E-state index contributed by atoms with van der Waals surface area (Å²) in [4.78, 5) is 19.0. The number of carbonyl (C=O) groups is 1. The van der Waals surface area contributed by atoms with Gasteiger partial charge < -0.3 is 14.7 Å². The lowest BCUT2D eigenvalue weighted by atomic mass is 9.97. The number of nitrogens with zero attached hydrogens (tertiary/aromatic N) is 3. The molecule has 0 radical (unpaired) electrons. The van der Waals surface area contributed by atoms with Crippen LogP contribution in [0.4, 0.5) is 0 Å². The maximum atomic E-state index is 12.4. The van der Waals surface area contributed by atoms with Gasteiger partial charge in [-0.2, -0.15) is 0 Å². The second-order valence-electron chi connectivity index (χ2n) is 6.65.